The van der Waals surface area contributed by atoms with Crippen LogP contribution in [-0.2, 0) is 15.0 Å². The molecule has 1 aromatic rings. The second-order valence-electron chi connectivity index (χ2n) is 4.95. The number of hydrogen-bond donors (Lipinski definition) is 1. The summed E-state index contributed by atoms with van der Waals surface area (Å²) in [6.45, 7) is -0.288. The molecular weight excluding hydrogens is 372 g/mol. The fourth-order valence-corrected chi connectivity index (χ4v) is 2.54. The van der Waals surface area contributed by atoms with Gasteiger partial charge in [-0.25, -0.2) is 9.38 Å². The van der Waals surface area contributed by atoms with Crippen molar-refractivity contribution in [2.45, 2.75) is 24.7 Å². The van der Waals surface area contributed by atoms with Crippen molar-refractivity contribution in [3.63, 3.8) is 0 Å². The molecule has 22 heavy (non-hydrogen) atoms. The maximum absolute atomic E-state index is 14.1. The molecule has 1 unspecified atom stereocenters. The third kappa shape index (κ3) is 3.70. The molecule has 0 aromatic heterocycles. The Labute approximate surface area is 132 Å². The molecule has 9 heteroatoms. The number of alkyl halides is 3. The van der Waals surface area contributed by atoms with Gasteiger partial charge in [0.05, 0.1) is 0 Å². The van der Waals surface area contributed by atoms with Gasteiger partial charge in [-0.2, -0.15) is 13.2 Å². The third-order valence-electron chi connectivity index (χ3n) is 3.27. The van der Waals surface area contributed by atoms with Crippen LogP contribution in [0.1, 0.15) is 12.5 Å². The summed E-state index contributed by atoms with van der Waals surface area (Å²) < 4.78 is 61.6. The Hall–Kier alpha value is -1.35. The minimum absolute atomic E-state index is 0.0697. The van der Waals surface area contributed by atoms with Gasteiger partial charge in [-0.3, -0.25) is 0 Å². The van der Waals surface area contributed by atoms with Crippen molar-refractivity contribution in [3.8, 4) is 0 Å². The molecule has 1 aromatic carbocycles. The molecule has 2 atom stereocenters. The van der Waals surface area contributed by atoms with E-state index in [0.717, 1.165) is 0 Å². The van der Waals surface area contributed by atoms with Gasteiger partial charge in [-0.15, -0.1) is 0 Å². The van der Waals surface area contributed by atoms with Gasteiger partial charge in [0, 0.05) is 10.0 Å². The fraction of sp³-hybridized carbons (Fsp3) is 0.462. The third-order valence-corrected chi connectivity index (χ3v) is 3.77. The van der Waals surface area contributed by atoms with Crippen LogP contribution >= 0.6 is 15.9 Å². The summed E-state index contributed by atoms with van der Waals surface area (Å²) in [7, 11) is 0. The van der Waals surface area contributed by atoms with Crippen molar-refractivity contribution in [1.82, 2.24) is 0 Å². The Bertz CT molecular complexity index is 594. The standard InChI is InChI=1S/C13H13BrF4N2O2/c1-12(8-4-7(14)2-3-9(8)15)10(5-21-11(19)20-12)22-6-13(16,17)18/h2-4,10H,5-6H2,1H3,(H2,19,20)/t10?,12-/m1/s1. The van der Waals surface area contributed by atoms with Gasteiger partial charge in [0.25, 0.3) is 6.02 Å². The molecule has 122 valence electrons. The molecule has 1 heterocycles. The van der Waals surface area contributed by atoms with E-state index < -0.39 is 30.2 Å². The van der Waals surface area contributed by atoms with Gasteiger partial charge < -0.3 is 15.2 Å². The van der Waals surface area contributed by atoms with E-state index in [1.54, 1.807) is 0 Å². The van der Waals surface area contributed by atoms with Crippen molar-refractivity contribution in [2.24, 2.45) is 10.7 Å². The number of hydrogen-bond acceptors (Lipinski definition) is 4. The maximum atomic E-state index is 14.1. The van der Waals surface area contributed by atoms with Crippen molar-refractivity contribution >= 4 is 22.0 Å². The van der Waals surface area contributed by atoms with Gasteiger partial charge in [-0.05, 0) is 25.1 Å². The summed E-state index contributed by atoms with van der Waals surface area (Å²) in [6, 6.07) is 3.86. The SMILES string of the molecule is C[C@]1(c2cc(Br)ccc2F)N=C(N)OCC1OCC(F)(F)F. The predicted octanol–water partition coefficient (Wildman–Crippen LogP) is 3.10. The molecular formula is C13H13BrF4N2O2. The van der Waals surface area contributed by atoms with Crippen LogP contribution < -0.4 is 5.73 Å². The first-order valence-corrected chi connectivity index (χ1v) is 7.03. The molecule has 0 saturated carbocycles. The first kappa shape index (κ1) is 17.0. The van der Waals surface area contributed by atoms with E-state index in [2.05, 4.69) is 20.9 Å². The average Bonchev–Trinajstić information content (AvgIpc) is 2.39. The van der Waals surface area contributed by atoms with E-state index in [-0.39, 0.29) is 18.2 Å². The second kappa shape index (κ2) is 6.04. The Kier molecular flexibility index (Phi) is 4.67. The monoisotopic (exact) mass is 384 g/mol. The van der Waals surface area contributed by atoms with Gasteiger partial charge in [0.2, 0.25) is 0 Å². The number of benzene rings is 1. The topological polar surface area (TPSA) is 56.8 Å². The Morgan fingerprint density at radius 1 is 1.50 bits per heavy atom. The van der Waals surface area contributed by atoms with E-state index in [1.165, 1.54) is 25.1 Å². The van der Waals surface area contributed by atoms with Crippen LogP contribution in [0.15, 0.2) is 27.7 Å². The highest BCUT2D eigenvalue weighted by Gasteiger charge is 2.44. The van der Waals surface area contributed by atoms with E-state index in [0.29, 0.717) is 4.47 Å². The highest BCUT2D eigenvalue weighted by molar-refractivity contribution is 9.10. The average molecular weight is 385 g/mol. The van der Waals surface area contributed by atoms with E-state index in [1.807, 2.05) is 0 Å². The minimum Gasteiger partial charge on any atom is -0.463 e. The molecule has 2 rings (SSSR count). The summed E-state index contributed by atoms with van der Waals surface area (Å²) in [5, 5.41) is 0. The van der Waals surface area contributed by atoms with Crippen LogP contribution in [-0.4, -0.2) is 31.5 Å². The molecule has 0 saturated heterocycles. The van der Waals surface area contributed by atoms with E-state index in [9.17, 15) is 17.6 Å². The molecule has 0 aliphatic carbocycles. The van der Waals surface area contributed by atoms with Crippen molar-refractivity contribution in [1.29, 1.82) is 0 Å². The molecule has 0 spiro atoms. The molecule has 1 aliphatic rings. The summed E-state index contributed by atoms with van der Waals surface area (Å²) in [5.74, 6) is -0.621. The van der Waals surface area contributed by atoms with Gasteiger partial charge in [0.15, 0.2) is 0 Å². The van der Waals surface area contributed by atoms with Crippen LogP contribution in [0.25, 0.3) is 0 Å². The number of nitrogens with two attached hydrogens (primary N) is 1. The maximum Gasteiger partial charge on any atom is 0.411 e. The minimum atomic E-state index is -4.51. The molecule has 2 N–H and O–H groups in total. The number of rotatable bonds is 3. The van der Waals surface area contributed by atoms with Crippen molar-refractivity contribution in [3.05, 3.63) is 34.1 Å². The molecule has 0 bridgehead atoms. The zero-order valence-corrected chi connectivity index (χ0v) is 13.0. The van der Waals surface area contributed by atoms with Crippen molar-refractivity contribution in [2.75, 3.05) is 13.2 Å². The summed E-state index contributed by atoms with van der Waals surface area (Å²) in [5.41, 5.74) is 4.14. The van der Waals surface area contributed by atoms with Gasteiger partial charge >= 0.3 is 6.18 Å². The number of nitrogens with zero attached hydrogens (tertiary/aromatic N) is 1. The van der Waals surface area contributed by atoms with Crippen LogP contribution in [0.4, 0.5) is 17.6 Å². The smallest absolute Gasteiger partial charge is 0.411 e. The molecule has 0 amide bonds. The van der Waals surface area contributed by atoms with Crippen molar-refractivity contribution < 1.29 is 27.0 Å². The van der Waals surface area contributed by atoms with Crippen LogP contribution in [0.3, 0.4) is 0 Å². The lowest BCUT2D eigenvalue weighted by molar-refractivity contribution is -0.197. The fourth-order valence-electron chi connectivity index (χ4n) is 2.18. The van der Waals surface area contributed by atoms with Crippen LogP contribution in [0.2, 0.25) is 0 Å². The largest absolute Gasteiger partial charge is 0.463 e. The summed E-state index contributed by atoms with van der Waals surface area (Å²) in [6.07, 6.45) is -5.64. The zero-order chi connectivity index (χ0) is 16.5. The lowest BCUT2D eigenvalue weighted by Crippen LogP contribution is -2.48. The van der Waals surface area contributed by atoms with E-state index in [4.69, 9.17) is 15.2 Å². The molecule has 0 fully saturated rings. The molecule has 4 nitrogen and oxygen atoms in total. The first-order chi connectivity index (χ1) is 10.1. The number of halogens is 5. The van der Waals surface area contributed by atoms with Crippen LogP contribution in [0, 0.1) is 5.82 Å². The number of amidine groups is 1. The highest BCUT2D eigenvalue weighted by Crippen LogP contribution is 2.37. The van der Waals surface area contributed by atoms with Crippen LogP contribution in [0.5, 0.6) is 0 Å². The Morgan fingerprint density at radius 2 is 2.18 bits per heavy atom. The van der Waals surface area contributed by atoms with Gasteiger partial charge in [0.1, 0.15) is 30.7 Å². The van der Waals surface area contributed by atoms with E-state index >= 15 is 0 Å². The molecule has 1 aliphatic heterocycles. The van der Waals surface area contributed by atoms with Gasteiger partial charge in [-0.1, -0.05) is 15.9 Å². The number of ether oxygens (including phenoxy) is 2. The zero-order valence-electron chi connectivity index (χ0n) is 11.5. The first-order valence-electron chi connectivity index (χ1n) is 6.24. The summed E-state index contributed by atoms with van der Waals surface area (Å²) >= 11 is 3.19. The Balaban J connectivity index is 2.40. The highest BCUT2D eigenvalue weighted by atomic mass is 79.9. The lowest BCUT2D eigenvalue weighted by Gasteiger charge is -2.37. The molecule has 0 radical (unpaired) electrons. The number of aliphatic imine (C=N–C) groups is 1. The quantitative estimate of drug-likeness (QED) is 0.814. The summed E-state index contributed by atoms with van der Waals surface area (Å²) in [4.78, 5) is 3.99. The predicted molar refractivity (Wildman–Crippen MR) is 74.8 cm³/mol. The lowest BCUT2D eigenvalue weighted by atomic mass is 9.86. The normalized spacial score (nSPS) is 25.5. The second-order valence-corrected chi connectivity index (χ2v) is 5.86. The Morgan fingerprint density at radius 3 is 2.82 bits per heavy atom.